The first-order valence-electron chi connectivity index (χ1n) is 9.77. The van der Waals surface area contributed by atoms with Crippen LogP contribution in [0.3, 0.4) is 0 Å². The molecule has 6 nitrogen and oxygen atoms in total. The van der Waals surface area contributed by atoms with Crippen LogP contribution in [0.5, 0.6) is 5.75 Å². The summed E-state index contributed by atoms with van der Waals surface area (Å²) in [5.74, 6) is -5.99. The Labute approximate surface area is 204 Å². The van der Waals surface area contributed by atoms with Gasteiger partial charge in [0.2, 0.25) is 0 Å². The third-order valence-corrected chi connectivity index (χ3v) is 5.22. The molecule has 0 aliphatic carbocycles. The second-order valence-corrected chi connectivity index (χ2v) is 8.06. The molecule has 0 N–H and O–H groups in total. The van der Waals surface area contributed by atoms with Crippen LogP contribution in [0.4, 0.5) is 41.6 Å². The van der Waals surface area contributed by atoms with Crippen molar-refractivity contribution in [3.8, 4) is 5.75 Å². The van der Waals surface area contributed by atoms with Gasteiger partial charge in [-0.3, -0.25) is 9.69 Å². The number of carbonyl (C=O) groups excluding carboxylic acids is 3. The largest absolute Gasteiger partial charge is 0.446 e. The third kappa shape index (κ3) is 6.16. The van der Waals surface area contributed by atoms with E-state index in [4.69, 9.17) is 4.74 Å². The molecule has 36 heavy (non-hydrogen) atoms. The summed E-state index contributed by atoms with van der Waals surface area (Å²) in [4.78, 5) is 38.5. The molecule has 0 saturated carbocycles. The van der Waals surface area contributed by atoms with Crippen LogP contribution in [0.15, 0.2) is 71.6 Å². The SMILES string of the molecule is CN(C(=O)N(C(=O)Oc1ccccc1)C(=O)c1c(F)cccc1F)c1ccc(SC(F)(F)F)cc1F. The number of benzene rings is 3. The van der Waals surface area contributed by atoms with Crippen molar-refractivity contribution in [2.45, 2.75) is 10.4 Å². The molecular weight excluding hydrogens is 514 g/mol. The van der Waals surface area contributed by atoms with E-state index < -0.39 is 68.9 Å². The zero-order valence-corrected chi connectivity index (χ0v) is 18.9. The lowest BCUT2D eigenvalue weighted by atomic mass is 10.1. The monoisotopic (exact) mass is 528 g/mol. The number of ether oxygens (including phenoxy) is 1. The number of para-hydroxylation sites is 1. The number of amides is 4. The summed E-state index contributed by atoms with van der Waals surface area (Å²) in [6.07, 6.45) is -1.67. The first kappa shape index (κ1) is 26.6. The highest BCUT2D eigenvalue weighted by Gasteiger charge is 2.38. The highest BCUT2D eigenvalue weighted by Crippen LogP contribution is 2.38. The quantitative estimate of drug-likeness (QED) is 0.282. The minimum Gasteiger partial charge on any atom is -0.410 e. The van der Waals surface area contributed by atoms with Crippen LogP contribution in [-0.2, 0) is 0 Å². The first-order chi connectivity index (χ1) is 16.9. The number of alkyl halides is 3. The maximum atomic E-state index is 14.6. The summed E-state index contributed by atoms with van der Waals surface area (Å²) in [6, 6.07) is 9.95. The Morgan fingerprint density at radius 1 is 0.833 bits per heavy atom. The number of nitrogens with zero attached hydrogens (tertiary/aromatic N) is 2. The Morgan fingerprint density at radius 2 is 1.44 bits per heavy atom. The number of urea groups is 1. The van der Waals surface area contributed by atoms with E-state index in [9.17, 15) is 40.7 Å². The molecular formula is C23H14F6N2O4S. The molecule has 0 aliphatic rings. The summed E-state index contributed by atoms with van der Waals surface area (Å²) >= 11 is -0.604. The van der Waals surface area contributed by atoms with E-state index in [2.05, 4.69) is 0 Å². The van der Waals surface area contributed by atoms with Crippen molar-refractivity contribution >= 4 is 35.5 Å². The molecule has 3 aromatic carbocycles. The van der Waals surface area contributed by atoms with Gasteiger partial charge in [-0.05, 0) is 54.2 Å². The lowest BCUT2D eigenvalue weighted by Crippen LogP contribution is -2.50. The summed E-state index contributed by atoms with van der Waals surface area (Å²) < 4.78 is 85.8. The molecule has 0 fully saturated rings. The number of thioether (sulfide) groups is 1. The Kier molecular flexibility index (Phi) is 7.93. The second kappa shape index (κ2) is 10.7. The van der Waals surface area contributed by atoms with Crippen molar-refractivity contribution in [3.05, 3.63) is 89.7 Å². The van der Waals surface area contributed by atoms with Crippen molar-refractivity contribution in [2.75, 3.05) is 11.9 Å². The molecule has 0 aromatic heterocycles. The minimum absolute atomic E-state index is 0.135. The zero-order chi connectivity index (χ0) is 26.6. The van der Waals surface area contributed by atoms with Gasteiger partial charge in [-0.1, -0.05) is 24.3 Å². The van der Waals surface area contributed by atoms with E-state index >= 15 is 0 Å². The van der Waals surface area contributed by atoms with Crippen LogP contribution in [-0.4, -0.2) is 35.5 Å². The fourth-order valence-electron chi connectivity index (χ4n) is 2.91. The first-order valence-corrected chi connectivity index (χ1v) is 10.6. The number of hydrogen-bond donors (Lipinski definition) is 0. The molecule has 13 heteroatoms. The van der Waals surface area contributed by atoms with Gasteiger partial charge in [0.25, 0.3) is 5.91 Å². The van der Waals surface area contributed by atoms with Crippen LogP contribution in [0.1, 0.15) is 10.4 Å². The standard InChI is InChI=1S/C23H14F6N2O4S/c1-30(18-11-10-14(12-17(18)26)36-23(27,28)29)21(33)31(22(34)35-13-6-3-2-4-7-13)20(32)19-15(24)8-5-9-16(19)25/h2-12H,1H3. The van der Waals surface area contributed by atoms with E-state index in [0.717, 1.165) is 25.2 Å². The van der Waals surface area contributed by atoms with E-state index in [-0.39, 0.29) is 10.6 Å². The summed E-state index contributed by atoms with van der Waals surface area (Å²) in [6.45, 7) is 0. The molecule has 188 valence electrons. The normalized spacial score (nSPS) is 11.1. The van der Waals surface area contributed by atoms with E-state index in [1.807, 2.05) is 0 Å². The molecule has 0 aliphatic heterocycles. The lowest BCUT2D eigenvalue weighted by Gasteiger charge is -2.25. The number of imide groups is 3. The van der Waals surface area contributed by atoms with Crippen LogP contribution >= 0.6 is 11.8 Å². The maximum Gasteiger partial charge on any atom is 0.446 e. The van der Waals surface area contributed by atoms with Crippen molar-refractivity contribution in [1.82, 2.24) is 4.90 Å². The highest BCUT2D eigenvalue weighted by molar-refractivity contribution is 8.00. The van der Waals surface area contributed by atoms with Gasteiger partial charge in [-0.2, -0.15) is 18.1 Å². The lowest BCUT2D eigenvalue weighted by molar-refractivity contribution is -0.0328. The average molecular weight is 528 g/mol. The van der Waals surface area contributed by atoms with Gasteiger partial charge in [0.15, 0.2) is 0 Å². The fourth-order valence-corrected chi connectivity index (χ4v) is 3.47. The Morgan fingerprint density at radius 3 is 2.00 bits per heavy atom. The van der Waals surface area contributed by atoms with Gasteiger partial charge >= 0.3 is 17.6 Å². The Balaban J connectivity index is 1.99. The van der Waals surface area contributed by atoms with Crippen molar-refractivity contribution in [2.24, 2.45) is 0 Å². The molecule has 3 rings (SSSR count). The van der Waals surface area contributed by atoms with Crippen molar-refractivity contribution in [3.63, 3.8) is 0 Å². The molecule has 0 atom stereocenters. The zero-order valence-electron chi connectivity index (χ0n) is 18.1. The van der Waals surface area contributed by atoms with Crippen LogP contribution in [0, 0.1) is 17.5 Å². The van der Waals surface area contributed by atoms with Crippen molar-refractivity contribution in [1.29, 1.82) is 0 Å². The predicted octanol–water partition coefficient (Wildman–Crippen LogP) is 6.61. The average Bonchev–Trinajstić information content (AvgIpc) is 2.78. The topological polar surface area (TPSA) is 66.9 Å². The maximum absolute atomic E-state index is 14.6. The molecule has 0 spiro atoms. The fraction of sp³-hybridized carbons (Fsp3) is 0.0870. The summed E-state index contributed by atoms with van der Waals surface area (Å²) in [7, 11) is 0.894. The van der Waals surface area contributed by atoms with E-state index in [0.29, 0.717) is 23.1 Å². The van der Waals surface area contributed by atoms with Gasteiger partial charge in [0, 0.05) is 11.9 Å². The molecule has 0 radical (unpaired) electrons. The minimum atomic E-state index is -4.70. The van der Waals surface area contributed by atoms with Gasteiger partial charge in [-0.15, -0.1) is 0 Å². The van der Waals surface area contributed by atoms with E-state index in [1.165, 1.54) is 24.3 Å². The number of anilines is 1. The number of carbonyl (C=O) groups is 3. The molecule has 3 aromatic rings. The Hall–Kier alpha value is -4.00. The van der Waals surface area contributed by atoms with Gasteiger partial charge in [0.1, 0.15) is 28.8 Å². The highest BCUT2D eigenvalue weighted by atomic mass is 32.2. The summed E-state index contributed by atoms with van der Waals surface area (Å²) in [5, 5.41) is 0. The van der Waals surface area contributed by atoms with Gasteiger partial charge in [-0.25, -0.2) is 22.8 Å². The molecule has 0 bridgehead atoms. The predicted molar refractivity (Wildman–Crippen MR) is 117 cm³/mol. The number of rotatable bonds is 4. The Bertz CT molecular complexity index is 1280. The van der Waals surface area contributed by atoms with E-state index in [1.54, 1.807) is 6.07 Å². The van der Waals surface area contributed by atoms with Crippen LogP contribution < -0.4 is 9.64 Å². The number of hydrogen-bond acceptors (Lipinski definition) is 5. The smallest absolute Gasteiger partial charge is 0.410 e. The van der Waals surface area contributed by atoms with Crippen LogP contribution in [0.25, 0.3) is 0 Å². The van der Waals surface area contributed by atoms with Gasteiger partial charge < -0.3 is 4.74 Å². The van der Waals surface area contributed by atoms with Crippen molar-refractivity contribution < 1.29 is 45.5 Å². The molecule has 0 saturated heterocycles. The molecule has 0 unspecified atom stereocenters. The second-order valence-electron chi connectivity index (χ2n) is 6.92. The third-order valence-electron chi connectivity index (χ3n) is 4.50. The van der Waals surface area contributed by atoms with Gasteiger partial charge in [0.05, 0.1) is 5.69 Å². The number of halogens is 6. The molecule has 0 heterocycles. The summed E-state index contributed by atoms with van der Waals surface area (Å²) in [5.41, 5.74) is -6.60. The molecule has 4 amide bonds. The van der Waals surface area contributed by atoms with Crippen LogP contribution in [0.2, 0.25) is 0 Å².